The lowest BCUT2D eigenvalue weighted by molar-refractivity contribution is -0.146. The summed E-state index contributed by atoms with van der Waals surface area (Å²) >= 11 is 0. The lowest BCUT2D eigenvalue weighted by Crippen LogP contribution is -2.48. The number of allylic oxidation sites excluding steroid dienone is 1. The topological polar surface area (TPSA) is 36.9 Å². The van der Waals surface area contributed by atoms with Crippen LogP contribution in [-0.4, -0.2) is 25.8 Å². The molecule has 4 bridgehead atoms. The van der Waals surface area contributed by atoms with Crippen LogP contribution in [0.5, 0.6) is 11.5 Å². The van der Waals surface area contributed by atoms with Gasteiger partial charge in [0.05, 0.1) is 12.7 Å². The molecular formula is C36H46O4. The first-order chi connectivity index (χ1) is 19.5. The normalized spacial score (nSPS) is 31.8. The Morgan fingerprint density at radius 3 is 2.05 bits per heavy atom. The van der Waals surface area contributed by atoms with Crippen LogP contribution < -0.4 is 9.47 Å². The molecule has 2 aromatic rings. The Bertz CT molecular complexity index is 1090. The second kappa shape index (κ2) is 12.5. The van der Waals surface area contributed by atoms with Gasteiger partial charge in [0.15, 0.2) is 13.1 Å². The molecule has 4 heteroatoms. The number of hydrogen-bond donors (Lipinski definition) is 0. The zero-order valence-corrected chi connectivity index (χ0v) is 24.1. The molecule has 1 unspecified atom stereocenters. The molecule has 0 radical (unpaired) electrons. The molecule has 0 heterocycles. The van der Waals surface area contributed by atoms with E-state index in [1.165, 1.54) is 44.1 Å². The minimum atomic E-state index is -0.213. The van der Waals surface area contributed by atoms with Gasteiger partial charge in [0.1, 0.15) is 11.5 Å². The van der Waals surface area contributed by atoms with Crippen LogP contribution in [0.4, 0.5) is 0 Å². The smallest absolute Gasteiger partial charge is 0.196 e. The Labute approximate surface area is 240 Å². The van der Waals surface area contributed by atoms with Gasteiger partial charge in [-0.15, -0.1) is 0 Å². The van der Waals surface area contributed by atoms with Crippen molar-refractivity contribution in [3.63, 3.8) is 0 Å². The molecule has 40 heavy (non-hydrogen) atoms. The first-order valence-corrected chi connectivity index (χ1v) is 15.6. The van der Waals surface area contributed by atoms with E-state index in [1.807, 2.05) is 37.3 Å². The summed E-state index contributed by atoms with van der Waals surface area (Å²) in [7, 11) is 0. The van der Waals surface area contributed by atoms with Gasteiger partial charge >= 0.3 is 0 Å². The van der Waals surface area contributed by atoms with Crippen molar-refractivity contribution in [2.24, 2.45) is 29.1 Å². The van der Waals surface area contributed by atoms with Crippen LogP contribution in [0.15, 0.2) is 61.2 Å². The molecule has 0 amide bonds. The molecule has 0 N–H and O–H groups in total. The molecule has 1 atom stereocenters. The van der Waals surface area contributed by atoms with E-state index < -0.39 is 0 Å². The molecule has 5 fully saturated rings. The number of hydrogen-bond acceptors (Lipinski definition) is 4. The van der Waals surface area contributed by atoms with E-state index in [4.69, 9.17) is 18.9 Å². The standard InChI is InChI=1S/C36H46O4/c1-3-27-6-12-33(13-7-27)38-25-39-34-14-8-28(9-15-34)4-5-29-10-16-35(17-11-29)40-26(2)37-24-36-21-30-18-31(22-36)20-32(19-30)23-36/h3-7,10-13,16-17,26,28,30-32,34H,1,8-9,14-15,18-25H2,2H3/b5-4+. The average Bonchev–Trinajstić information content (AvgIpc) is 2.96. The highest BCUT2D eigenvalue weighted by Crippen LogP contribution is 2.60. The van der Waals surface area contributed by atoms with Crippen molar-refractivity contribution in [3.8, 4) is 11.5 Å². The first kappa shape index (κ1) is 27.6. The maximum Gasteiger partial charge on any atom is 0.196 e. The van der Waals surface area contributed by atoms with Gasteiger partial charge in [0, 0.05) is 0 Å². The number of rotatable bonds is 12. The van der Waals surface area contributed by atoms with Crippen molar-refractivity contribution in [3.05, 3.63) is 72.3 Å². The number of benzene rings is 2. The molecule has 5 aliphatic carbocycles. The predicted molar refractivity (Wildman–Crippen MR) is 161 cm³/mol. The van der Waals surface area contributed by atoms with E-state index in [-0.39, 0.29) is 12.4 Å². The maximum atomic E-state index is 6.29. The monoisotopic (exact) mass is 542 g/mol. The van der Waals surface area contributed by atoms with Crippen molar-refractivity contribution in [1.29, 1.82) is 0 Å². The quantitative estimate of drug-likeness (QED) is 0.251. The summed E-state index contributed by atoms with van der Waals surface area (Å²) in [4.78, 5) is 0. The Hall–Kier alpha value is -2.56. The highest BCUT2D eigenvalue weighted by atomic mass is 16.7. The largest absolute Gasteiger partial charge is 0.468 e. The second-order valence-corrected chi connectivity index (χ2v) is 13.1. The summed E-state index contributed by atoms with van der Waals surface area (Å²) in [6, 6.07) is 16.3. The van der Waals surface area contributed by atoms with Crippen LogP contribution in [0.25, 0.3) is 12.2 Å². The lowest BCUT2D eigenvalue weighted by Gasteiger charge is -2.56. The van der Waals surface area contributed by atoms with Gasteiger partial charge < -0.3 is 18.9 Å². The maximum absolute atomic E-state index is 6.29. The van der Waals surface area contributed by atoms with Crippen LogP contribution in [0.1, 0.15) is 82.3 Å². The molecular weight excluding hydrogens is 496 g/mol. The molecule has 7 rings (SSSR count). The third kappa shape index (κ3) is 7.01. The van der Waals surface area contributed by atoms with Crippen LogP contribution >= 0.6 is 0 Å². The molecule has 5 aliphatic rings. The average molecular weight is 543 g/mol. The van der Waals surface area contributed by atoms with Crippen molar-refractivity contribution < 1.29 is 18.9 Å². The molecule has 4 nitrogen and oxygen atoms in total. The van der Waals surface area contributed by atoms with E-state index >= 15 is 0 Å². The van der Waals surface area contributed by atoms with E-state index in [0.29, 0.717) is 18.1 Å². The number of ether oxygens (including phenoxy) is 4. The Balaban J connectivity index is 0.885. The van der Waals surface area contributed by atoms with Gasteiger partial charge in [-0.3, -0.25) is 0 Å². The zero-order chi connectivity index (χ0) is 27.4. The van der Waals surface area contributed by atoms with Crippen molar-refractivity contribution in [2.45, 2.75) is 83.5 Å². The fraction of sp³-hybridized carbons (Fsp3) is 0.556. The molecule has 214 valence electrons. The Kier molecular flexibility index (Phi) is 8.65. The fourth-order valence-electron chi connectivity index (χ4n) is 8.24. The summed E-state index contributed by atoms with van der Waals surface area (Å²) in [5, 5.41) is 0. The molecule has 5 saturated carbocycles. The Morgan fingerprint density at radius 2 is 1.43 bits per heavy atom. The summed E-state index contributed by atoms with van der Waals surface area (Å²) < 4.78 is 24.2. The molecule has 0 aliphatic heterocycles. The van der Waals surface area contributed by atoms with Crippen LogP contribution in [0.3, 0.4) is 0 Å². The van der Waals surface area contributed by atoms with Gasteiger partial charge in [-0.05, 0) is 136 Å². The van der Waals surface area contributed by atoms with Gasteiger partial charge in [0.2, 0.25) is 0 Å². The highest BCUT2D eigenvalue weighted by molar-refractivity contribution is 5.51. The fourth-order valence-corrected chi connectivity index (χ4v) is 8.24. The third-order valence-electron chi connectivity index (χ3n) is 9.90. The molecule has 0 saturated heterocycles. The van der Waals surface area contributed by atoms with E-state index in [1.54, 1.807) is 0 Å². The predicted octanol–water partition coefficient (Wildman–Crippen LogP) is 8.91. The van der Waals surface area contributed by atoms with Gasteiger partial charge in [-0.25, -0.2) is 0 Å². The zero-order valence-electron chi connectivity index (χ0n) is 24.1. The SMILES string of the molecule is C=Cc1ccc(OCOC2CCC(/C=C/c3ccc(OC(C)OCC45CC6CC(CC(C6)C4)C5)cc3)CC2)cc1. The minimum Gasteiger partial charge on any atom is -0.468 e. The van der Waals surface area contributed by atoms with Gasteiger partial charge in [-0.1, -0.05) is 49.1 Å². The van der Waals surface area contributed by atoms with Crippen LogP contribution in [0, 0.1) is 29.1 Å². The third-order valence-corrected chi connectivity index (χ3v) is 9.90. The van der Waals surface area contributed by atoms with E-state index in [0.717, 1.165) is 67.1 Å². The van der Waals surface area contributed by atoms with Crippen LogP contribution in [-0.2, 0) is 9.47 Å². The minimum absolute atomic E-state index is 0.213. The lowest BCUT2D eigenvalue weighted by atomic mass is 9.50. The van der Waals surface area contributed by atoms with Crippen molar-refractivity contribution in [1.82, 2.24) is 0 Å². The Morgan fingerprint density at radius 1 is 0.825 bits per heavy atom. The van der Waals surface area contributed by atoms with Gasteiger partial charge in [0.25, 0.3) is 0 Å². The first-order valence-electron chi connectivity index (χ1n) is 15.6. The summed E-state index contributed by atoms with van der Waals surface area (Å²) in [5.41, 5.74) is 2.73. The molecule has 2 aromatic carbocycles. The van der Waals surface area contributed by atoms with Crippen molar-refractivity contribution in [2.75, 3.05) is 13.4 Å². The molecule has 0 spiro atoms. The molecule has 0 aromatic heterocycles. The van der Waals surface area contributed by atoms with E-state index in [9.17, 15) is 0 Å². The van der Waals surface area contributed by atoms with Crippen LogP contribution in [0.2, 0.25) is 0 Å². The summed E-state index contributed by atoms with van der Waals surface area (Å²) in [5.74, 6) is 5.19. The van der Waals surface area contributed by atoms with Crippen molar-refractivity contribution >= 4 is 12.2 Å². The second-order valence-electron chi connectivity index (χ2n) is 13.1. The highest BCUT2D eigenvalue weighted by Gasteiger charge is 2.51. The summed E-state index contributed by atoms with van der Waals surface area (Å²) in [6.45, 7) is 6.99. The summed E-state index contributed by atoms with van der Waals surface area (Å²) in [6.07, 6.45) is 19.5. The van der Waals surface area contributed by atoms with Gasteiger partial charge in [-0.2, -0.15) is 0 Å². The van der Waals surface area contributed by atoms with E-state index in [2.05, 4.69) is 43.0 Å².